The maximum absolute atomic E-state index is 14.1. The molecule has 0 saturated carbocycles. The lowest BCUT2D eigenvalue weighted by Crippen LogP contribution is -1.93. The van der Waals surface area contributed by atoms with E-state index in [-0.39, 0.29) is 5.82 Å². The quantitative estimate of drug-likeness (QED) is 0.503. The van der Waals surface area contributed by atoms with Gasteiger partial charge in [-0.3, -0.25) is 0 Å². The minimum absolute atomic E-state index is 0.102. The molecule has 114 valence electrons. The van der Waals surface area contributed by atoms with Crippen LogP contribution < -0.4 is 0 Å². The lowest BCUT2D eigenvalue weighted by atomic mass is 9.96. The van der Waals surface area contributed by atoms with E-state index in [0.29, 0.717) is 0 Å². The highest BCUT2D eigenvalue weighted by molar-refractivity contribution is 5.75. The number of benzene rings is 1. The van der Waals surface area contributed by atoms with Crippen molar-refractivity contribution in [3.63, 3.8) is 0 Å². The van der Waals surface area contributed by atoms with Gasteiger partial charge in [0, 0.05) is 0 Å². The van der Waals surface area contributed by atoms with Gasteiger partial charge in [0.25, 0.3) is 0 Å². The molecule has 0 heterocycles. The summed E-state index contributed by atoms with van der Waals surface area (Å²) in [4.78, 5) is 0. The highest BCUT2D eigenvalue weighted by Crippen LogP contribution is 2.24. The summed E-state index contributed by atoms with van der Waals surface area (Å²) >= 11 is 0. The second kappa shape index (κ2) is 8.61. The third-order valence-electron chi connectivity index (χ3n) is 3.61. The van der Waals surface area contributed by atoms with Crippen LogP contribution >= 0.6 is 0 Å². The average molecular weight is 286 g/mol. The lowest BCUT2D eigenvalue weighted by molar-refractivity contribution is 0.607. The summed E-state index contributed by atoms with van der Waals surface area (Å²) in [5.74, 6) is -0.102. The number of hydrogen-bond donors (Lipinski definition) is 0. The zero-order valence-electron chi connectivity index (χ0n) is 13.8. The standard InChI is InChI=1S/C20H27F/c1-6-9-17-11-12-19(14-20(17)21)16(8-3)13-18(10-7-2)15(4)5/h8,11-14H,4,6-7,9-10H2,1-3,5H3/b16-8+,18-13-. The van der Waals surface area contributed by atoms with Crippen LogP contribution in [0.15, 0.2) is 48.1 Å². The fraction of sp³-hybridized carbons (Fsp3) is 0.400. The molecule has 1 heteroatoms. The van der Waals surface area contributed by atoms with Gasteiger partial charge in [-0.25, -0.2) is 4.39 Å². The normalized spacial score (nSPS) is 12.6. The number of aryl methyl sites for hydroxylation is 1. The van der Waals surface area contributed by atoms with Crippen LogP contribution in [0.4, 0.5) is 4.39 Å². The SMILES string of the molecule is C=C(C)/C(=C\C(=C/C)c1ccc(CCC)c(F)c1)CCC. The van der Waals surface area contributed by atoms with Crippen molar-refractivity contribution in [1.29, 1.82) is 0 Å². The molecule has 0 saturated heterocycles. The number of halogens is 1. The van der Waals surface area contributed by atoms with Crippen molar-refractivity contribution < 1.29 is 4.39 Å². The first kappa shape index (κ1) is 17.4. The predicted octanol–water partition coefficient (Wildman–Crippen LogP) is 6.48. The van der Waals surface area contributed by atoms with Crippen LogP contribution in [0, 0.1) is 5.82 Å². The second-order valence-electron chi connectivity index (χ2n) is 5.50. The van der Waals surface area contributed by atoms with E-state index in [2.05, 4.69) is 26.5 Å². The first-order chi connectivity index (χ1) is 10.0. The van der Waals surface area contributed by atoms with Gasteiger partial charge in [-0.15, -0.1) is 0 Å². The summed E-state index contributed by atoms with van der Waals surface area (Å²) < 4.78 is 14.1. The van der Waals surface area contributed by atoms with Gasteiger partial charge in [-0.1, -0.05) is 63.1 Å². The van der Waals surface area contributed by atoms with Crippen molar-refractivity contribution in [2.75, 3.05) is 0 Å². The Bertz CT molecular complexity index is 547. The van der Waals surface area contributed by atoms with Crippen molar-refractivity contribution >= 4 is 5.57 Å². The van der Waals surface area contributed by atoms with Crippen LogP contribution in [0.2, 0.25) is 0 Å². The molecule has 0 atom stereocenters. The van der Waals surface area contributed by atoms with Crippen LogP contribution in [-0.2, 0) is 6.42 Å². The third kappa shape index (κ3) is 5.00. The van der Waals surface area contributed by atoms with E-state index < -0.39 is 0 Å². The maximum Gasteiger partial charge on any atom is 0.127 e. The Labute approximate surface area is 129 Å². The first-order valence-electron chi connectivity index (χ1n) is 7.85. The lowest BCUT2D eigenvalue weighted by Gasteiger charge is -2.10. The van der Waals surface area contributed by atoms with Gasteiger partial charge in [0.2, 0.25) is 0 Å². The maximum atomic E-state index is 14.1. The molecular weight excluding hydrogens is 259 g/mol. The van der Waals surface area contributed by atoms with Gasteiger partial charge in [0.05, 0.1) is 0 Å². The molecule has 0 aliphatic carbocycles. The van der Waals surface area contributed by atoms with E-state index in [1.54, 1.807) is 6.07 Å². The molecule has 0 bridgehead atoms. The molecule has 0 aliphatic heterocycles. The van der Waals surface area contributed by atoms with E-state index >= 15 is 0 Å². The zero-order chi connectivity index (χ0) is 15.8. The predicted molar refractivity (Wildman–Crippen MR) is 91.9 cm³/mol. The van der Waals surface area contributed by atoms with Crippen LogP contribution in [-0.4, -0.2) is 0 Å². The highest BCUT2D eigenvalue weighted by atomic mass is 19.1. The first-order valence-corrected chi connectivity index (χ1v) is 7.85. The molecule has 1 rings (SSSR count). The van der Waals surface area contributed by atoms with Crippen LogP contribution in [0.1, 0.15) is 58.1 Å². The fourth-order valence-electron chi connectivity index (χ4n) is 2.40. The van der Waals surface area contributed by atoms with Crippen LogP contribution in [0.5, 0.6) is 0 Å². The summed E-state index contributed by atoms with van der Waals surface area (Å²) in [6.07, 6.45) is 8.01. The van der Waals surface area contributed by atoms with Gasteiger partial charge in [0.1, 0.15) is 5.82 Å². The number of hydrogen-bond acceptors (Lipinski definition) is 0. The minimum atomic E-state index is -0.102. The van der Waals surface area contributed by atoms with Crippen LogP contribution in [0.3, 0.4) is 0 Å². The molecule has 0 N–H and O–H groups in total. The van der Waals surface area contributed by atoms with E-state index in [1.165, 1.54) is 5.57 Å². The van der Waals surface area contributed by atoms with Gasteiger partial charge < -0.3 is 0 Å². The van der Waals surface area contributed by atoms with Crippen LogP contribution in [0.25, 0.3) is 5.57 Å². The molecule has 1 aromatic rings. The van der Waals surface area contributed by atoms with Gasteiger partial charge in [-0.2, -0.15) is 0 Å². The summed E-state index contributed by atoms with van der Waals surface area (Å²) in [7, 11) is 0. The smallest absolute Gasteiger partial charge is 0.127 e. The Morgan fingerprint density at radius 1 is 1.24 bits per heavy atom. The van der Waals surface area contributed by atoms with E-state index in [1.807, 2.05) is 32.1 Å². The fourth-order valence-corrected chi connectivity index (χ4v) is 2.40. The van der Waals surface area contributed by atoms with Gasteiger partial charge in [-0.05, 0) is 55.0 Å². The molecule has 0 nitrogen and oxygen atoms in total. The Balaban J connectivity index is 3.14. The van der Waals surface area contributed by atoms with Crippen molar-refractivity contribution in [1.82, 2.24) is 0 Å². The van der Waals surface area contributed by atoms with E-state index in [4.69, 9.17) is 0 Å². The summed E-state index contributed by atoms with van der Waals surface area (Å²) in [5, 5.41) is 0. The second-order valence-corrected chi connectivity index (χ2v) is 5.50. The highest BCUT2D eigenvalue weighted by Gasteiger charge is 2.06. The largest absolute Gasteiger partial charge is 0.207 e. The average Bonchev–Trinajstić information content (AvgIpc) is 2.45. The molecule has 0 aliphatic rings. The monoisotopic (exact) mass is 286 g/mol. The van der Waals surface area contributed by atoms with E-state index in [9.17, 15) is 4.39 Å². The molecule has 0 spiro atoms. The number of rotatable bonds is 7. The van der Waals surface area contributed by atoms with Gasteiger partial charge in [0.15, 0.2) is 0 Å². The number of allylic oxidation sites excluding steroid dienone is 5. The Kier molecular flexibility index (Phi) is 7.14. The minimum Gasteiger partial charge on any atom is -0.207 e. The molecule has 1 aromatic carbocycles. The summed E-state index contributed by atoms with van der Waals surface area (Å²) in [6.45, 7) is 12.3. The Morgan fingerprint density at radius 2 is 1.95 bits per heavy atom. The Hall–Kier alpha value is -1.63. The third-order valence-corrected chi connectivity index (χ3v) is 3.61. The van der Waals surface area contributed by atoms with E-state index in [0.717, 1.165) is 48.0 Å². The molecule has 0 radical (unpaired) electrons. The van der Waals surface area contributed by atoms with Crippen molar-refractivity contribution in [2.45, 2.75) is 53.4 Å². The molecular formula is C20H27F. The molecule has 0 amide bonds. The molecule has 0 aromatic heterocycles. The van der Waals surface area contributed by atoms with Crippen molar-refractivity contribution in [2.24, 2.45) is 0 Å². The zero-order valence-corrected chi connectivity index (χ0v) is 13.8. The molecule has 0 fully saturated rings. The van der Waals surface area contributed by atoms with Crippen molar-refractivity contribution in [3.05, 3.63) is 65.0 Å². The summed E-state index contributed by atoms with van der Waals surface area (Å²) in [6, 6.07) is 5.58. The molecule has 0 unspecified atom stereocenters. The molecule has 21 heavy (non-hydrogen) atoms. The van der Waals surface area contributed by atoms with Crippen molar-refractivity contribution in [3.8, 4) is 0 Å². The van der Waals surface area contributed by atoms with Gasteiger partial charge >= 0.3 is 0 Å². The summed E-state index contributed by atoms with van der Waals surface area (Å²) in [5.41, 5.74) is 5.12. The topological polar surface area (TPSA) is 0 Å². The Morgan fingerprint density at radius 3 is 2.43 bits per heavy atom.